The molecule has 4 nitrogen and oxygen atoms in total. The fourth-order valence-electron chi connectivity index (χ4n) is 0.873. The molecule has 2 rings (SSSR count). The quantitative estimate of drug-likeness (QED) is 0.760. The first-order valence-corrected chi connectivity index (χ1v) is 5.58. The molecule has 0 aliphatic heterocycles. The molecule has 0 saturated heterocycles. The zero-order valence-corrected chi connectivity index (χ0v) is 10.8. The number of pyridine rings is 1. The third kappa shape index (κ3) is 7.00. The van der Waals surface area contributed by atoms with E-state index in [4.69, 9.17) is 0 Å². The largest absolute Gasteiger partial charge is 0.288 e. The van der Waals surface area contributed by atoms with Crippen LogP contribution in [0.25, 0.3) is 0 Å². The van der Waals surface area contributed by atoms with E-state index >= 15 is 0 Å². The number of hydrogen-bond donors (Lipinski definition) is 1. The first-order chi connectivity index (χ1) is 8.20. The van der Waals surface area contributed by atoms with Crippen LogP contribution in [0.5, 0.6) is 0 Å². The van der Waals surface area contributed by atoms with E-state index < -0.39 is 0 Å². The van der Waals surface area contributed by atoms with Crippen LogP contribution in [-0.4, -0.2) is 15.2 Å². The Morgan fingerprint density at radius 1 is 1.06 bits per heavy atom. The zero-order valence-electron chi connectivity index (χ0n) is 10.8. The minimum absolute atomic E-state index is 0.00810. The Morgan fingerprint density at radius 2 is 1.65 bits per heavy atom. The SMILES string of the molecule is CC.Cc1cc(=O)c(C)n[nH]1.c1ccncc1. The van der Waals surface area contributed by atoms with E-state index in [-0.39, 0.29) is 5.43 Å². The van der Waals surface area contributed by atoms with Gasteiger partial charge in [-0.3, -0.25) is 14.9 Å². The van der Waals surface area contributed by atoms with Gasteiger partial charge in [-0.25, -0.2) is 0 Å². The van der Waals surface area contributed by atoms with E-state index in [1.807, 2.05) is 32.0 Å². The summed E-state index contributed by atoms with van der Waals surface area (Å²) in [5, 5.41) is 6.43. The van der Waals surface area contributed by atoms with Crippen molar-refractivity contribution in [2.45, 2.75) is 27.7 Å². The van der Waals surface area contributed by atoms with Gasteiger partial charge in [-0.2, -0.15) is 5.10 Å². The lowest BCUT2D eigenvalue weighted by molar-refractivity contribution is 0.926. The maximum absolute atomic E-state index is 10.8. The van der Waals surface area contributed by atoms with Gasteiger partial charge < -0.3 is 0 Å². The van der Waals surface area contributed by atoms with Gasteiger partial charge in [0, 0.05) is 24.2 Å². The Labute approximate surface area is 102 Å². The Kier molecular flexibility index (Phi) is 8.20. The number of aromatic amines is 1. The predicted octanol–water partition coefficient (Wildman–Crippen LogP) is 2.49. The summed E-state index contributed by atoms with van der Waals surface area (Å²) in [6, 6.07) is 7.25. The molecular formula is C13H19N3O. The third-order valence-corrected chi connectivity index (χ3v) is 1.67. The Hall–Kier alpha value is -1.97. The van der Waals surface area contributed by atoms with Crippen molar-refractivity contribution in [3.05, 3.63) is 58.3 Å². The van der Waals surface area contributed by atoms with E-state index in [2.05, 4.69) is 15.2 Å². The standard InChI is InChI=1S/C6H8N2O.C5H5N.C2H6/c1-4-3-6(9)5(2)8-7-4;1-2-4-6-5-3-1;1-2/h3H,1-2H3,(H,7,9);1-5H;1-2H3. The number of rotatable bonds is 0. The minimum atomic E-state index is -0.00810. The van der Waals surface area contributed by atoms with Crippen LogP contribution in [0.4, 0.5) is 0 Å². The summed E-state index contributed by atoms with van der Waals surface area (Å²) in [6.07, 6.45) is 3.50. The molecule has 2 aromatic rings. The number of nitrogens with zero attached hydrogens (tertiary/aromatic N) is 2. The average Bonchev–Trinajstić information content (AvgIpc) is 2.39. The highest BCUT2D eigenvalue weighted by molar-refractivity contribution is 5.03. The fourth-order valence-corrected chi connectivity index (χ4v) is 0.873. The summed E-state index contributed by atoms with van der Waals surface area (Å²) < 4.78 is 0. The molecule has 0 fully saturated rings. The van der Waals surface area contributed by atoms with Crippen molar-refractivity contribution in [2.75, 3.05) is 0 Å². The lowest BCUT2D eigenvalue weighted by atomic mass is 10.3. The normalized spacial score (nSPS) is 8.24. The topological polar surface area (TPSA) is 58.6 Å². The van der Waals surface area contributed by atoms with Crippen LogP contribution in [0.2, 0.25) is 0 Å². The summed E-state index contributed by atoms with van der Waals surface area (Å²) in [7, 11) is 0. The summed E-state index contributed by atoms with van der Waals surface area (Å²) in [5.74, 6) is 0. The summed E-state index contributed by atoms with van der Waals surface area (Å²) in [6.45, 7) is 7.48. The van der Waals surface area contributed by atoms with Gasteiger partial charge >= 0.3 is 0 Å². The van der Waals surface area contributed by atoms with Gasteiger partial charge in [0.25, 0.3) is 0 Å². The summed E-state index contributed by atoms with van der Waals surface area (Å²) in [4.78, 5) is 14.5. The van der Waals surface area contributed by atoms with Crippen molar-refractivity contribution in [2.24, 2.45) is 0 Å². The van der Waals surface area contributed by atoms with Crippen LogP contribution in [-0.2, 0) is 0 Å². The number of hydrogen-bond acceptors (Lipinski definition) is 3. The van der Waals surface area contributed by atoms with Crippen molar-refractivity contribution < 1.29 is 0 Å². The lowest BCUT2D eigenvalue weighted by Crippen LogP contribution is -2.08. The zero-order chi connectivity index (χ0) is 13.1. The predicted molar refractivity (Wildman–Crippen MR) is 69.9 cm³/mol. The van der Waals surface area contributed by atoms with E-state index in [0.717, 1.165) is 5.69 Å². The molecule has 0 amide bonds. The van der Waals surface area contributed by atoms with Crippen LogP contribution in [0.15, 0.2) is 41.5 Å². The Balaban J connectivity index is 0.000000278. The fraction of sp³-hybridized carbons (Fsp3) is 0.308. The van der Waals surface area contributed by atoms with E-state index in [1.165, 1.54) is 6.07 Å². The maximum Gasteiger partial charge on any atom is 0.203 e. The number of nitrogens with one attached hydrogen (secondary N) is 1. The van der Waals surface area contributed by atoms with Gasteiger partial charge in [-0.05, 0) is 26.0 Å². The molecule has 0 saturated carbocycles. The molecule has 2 heterocycles. The molecule has 4 heteroatoms. The Bertz CT molecular complexity index is 425. The summed E-state index contributed by atoms with van der Waals surface area (Å²) >= 11 is 0. The van der Waals surface area contributed by atoms with Crippen LogP contribution < -0.4 is 5.43 Å². The molecule has 0 radical (unpaired) electrons. The molecule has 0 atom stereocenters. The highest BCUT2D eigenvalue weighted by Gasteiger charge is 1.91. The van der Waals surface area contributed by atoms with Gasteiger partial charge in [0.1, 0.15) is 5.69 Å². The second kappa shape index (κ2) is 9.27. The van der Waals surface area contributed by atoms with Crippen molar-refractivity contribution in [3.63, 3.8) is 0 Å². The van der Waals surface area contributed by atoms with Crippen LogP contribution >= 0.6 is 0 Å². The van der Waals surface area contributed by atoms with Crippen molar-refractivity contribution in [1.82, 2.24) is 15.2 Å². The van der Waals surface area contributed by atoms with Gasteiger partial charge in [0.05, 0.1) is 0 Å². The van der Waals surface area contributed by atoms with Crippen molar-refractivity contribution >= 4 is 0 Å². The van der Waals surface area contributed by atoms with Gasteiger partial charge in [0.15, 0.2) is 0 Å². The number of aryl methyl sites for hydroxylation is 2. The van der Waals surface area contributed by atoms with Crippen LogP contribution in [0.1, 0.15) is 25.2 Å². The van der Waals surface area contributed by atoms with Crippen molar-refractivity contribution in [1.29, 1.82) is 0 Å². The van der Waals surface area contributed by atoms with E-state index in [9.17, 15) is 4.79 Å². The lowest BCUT2D eigenvalue weighted by Gasteiger charge is -1.90. The molecule has 17 heavy (non-hydrogen) atoms. The highest BCUT2D eigenvalue weighted by atomic mass is 16.1. The van der Waals surface area contributed by atoms with Gasteiger partial charge in [0.2, 0.25) is 5.43 Å². The second-order valence-corrected chi connectivity index (χ2v) is 3.03. The molecule has 0 unspecified atom stereocenters. The molecule has 0 spiro atoms. The maximum atomic E-state index is 10.8. The molecule has 92 valence electrons. The molecular weight excluding hydrogens is 214 g/mol. The second-order valence-electron chi connectivity index (χ2n) is 3.03. The molecule has 0 bridgehead atoms. The van der Waals surface area contributed by atoms with Crippen molar-refractivity contribution in [3.8, 4) is 0 Å². The first-order valence-electron chi connectivity index (χ1n) is 5.58. The molecule has 0 aromatic carbocycles. The minimum Gasteiger partial charge on any atom is -0.288 e. The molecule has 1 N–H and O–H groups in total. The van der Waals surface area contributed by atoms with Crippen LogP contribution in [0, 0.1) is 13.8 Å². The van der Waals surface area contributed by atoms with Crippen LogP contribution in [0.3, 0.4) is 0 Å². The molecule has 2 aromatic heterocycles. The third-order valence-electron chi connectivity index (χ3n) is 1.67. The van der Waals surface area contributed by atoms with E-state index in [1.54, 1.807) is 26.2 Å². The molecule has 0 aliphatic rings. The molecule has 0 aliphatic carbocycles. The average molecular weight is 233 g/mol. The highest BCUT2D eigenvalue weighted by Crippen LogP contribution is 1.82. The van der Waals surface area contributed by atoms with E-state index in [0.29, 0.717) is 5.69 Å². The first kappa shape index (κ1) is 15.0. The number of aromatic nitrogens is 3. The number of H-pyrrole nitrogens is 1. The smallest absolute Gasteiger partial charge is 0.203 e. The van der Waals surface area contributed by atoms with Gasteiger partial charge in [-0.15, -0.1) is 0 Å². The summed E-state index contributed by atoms with van der Waals surface area (Å²) in [5.41, 5.74) is 1.30. The van der Waals surface area contributed by atoms with Gasteiger partial charge in [-0.1, -0.05) is 19.9 Å². The Morgan fingerprint density at radius 3 is 1.94 bits per heavy atom. The monoisotopic (exact) mass is 233 g/mol.